The standard InChI is InChI=1S/C13H21N3O6S/c1-4-10(18)16-9(11(19)14-7(2)5-17)6-22-12(20)8(3)15-13(21)23/h5,7-9H,4,6H2,1-3H3,(H,14,19)(H,16,18)(H2,15,21,23). The lowest BCUT2D eigenvalue weighted by Crippen LogP contribution is -2.52. The average Bonchev–Trinajstić information content (AvgIpc) is 2.49. The van der Waals surface area contributed by atoms with Gasteiger partial charge in [-0.05, 0) is 13.8 Å². The van der Waals surface area contributed by atoms with E-state index < -0.39 is 47.8 Å². The number of hydrogen-bond acceptors (Lipinski definition) is 6. The highest BCUT2D eigenvalue weighted by Gasteiger charge is 2.25. The molecule has 0 aromatic carbocycles. The van der Waals surface area contributed by atoms with Gasteiger partial charge in [-0.15, -0.1) is 0 Å². The van der Waals surface area contributed by atoms with Crippen LogP contribution in [0.2, 0.25) is 0 Å². The van der Waals surface area contributed by atoms with Gasteiger partial charge >= 0.3 is 5.97 Å². The predicted molar refractivity (Wildman–Crippen MR) is 83.8 cm³/mol. The van der Waals surface area contributed by atoms with E-state index >= 15 is 0 Å². The first-order valence-electron chi connectivity index (χ1n) is 6.92. The summed E-state index contributed by atoms with van der Waals surface area (Å²) in [7, 11) is 0. The molecule has 10 heteroatoms. The van der Waals surface area contributed by atoms with Crippen LogP contribution in [-0.4, -0.2) is 54.0 Å². The van der Waals surface area contributed by atoms with E-state index in [0.717, 1.165) is 0 Å². The van der Waals surface area contributed by atoms with Crippen LogP contribution in [-0.2, 0) is 23.9 Å². The van der Waals surface area contributed by atoms with Gasteiger partial charge in [0.15, 0.2) is 0 Å². The summed E-state index contributed by atoms with van der Waals surface area (Å²) in [5, 5.41) is 6.23. The minimum atomic E-state index is -1.15. The number of aldehydes is 1. The second-order valence-electron chi connectivity index (χ2n) is 4.71. The molecule has 9 nitrogen and oxygen atoms in total. The van der Waals surface area contributed by atoms with Crippen molar-refractivity contribution in [3.63, 3.8) is 0 Å². The maximum Gasteiger partial charge on any atom is 0.328 e. The molecule has 0 saturated heterocycles. The highest BCUT2D eigenvalue weighted by atomic mass is 32.1. The molecule has 0 rings (SSSR count). The topological polar surface area (TPSA) is 131 Å². The maximum atomic E-state index is 12.0. The van der Waals surface area contributed by atoms with E-state index in [2.05, 4.69) is 28.6 Å². The van der Waals surface area contributed by atoms with Crippen LogP contribution in [0.5, 0.6) is 0 Å². The zero-order valence-corrected chi connectivity index (χ0v) is 14.0. The number of esters is 1. The van der Waals surface area contributed by atoms with E-state index in [1.54, 1.807) is 6.92 Å². The van der Waals surface area contributed by atoms with Crippen LogP contribution in [0, 0.1) is 0 Å². The zero-order chi connectivity index (χ0) is 18.0. The molecule has 0 radical (unpaired) electrons. The van der Waals surface area contributed by atoms with Crippen LogP contribution in [0.3, 0.4) is 0 Å². The molecule has 0 aliphatic carbocycles. The zero-order valence-electron chi connectivity index (χ0n) is 13.1. The van der Waals surface area contributed by atoms with Crippen molar-refractivity contribution in [1.29, 1.82) is 0 Å². The molecule has 3 unspecified atom stereocenters. The van der Waals surface area contributed by atoms with E-state index in [0.29, 0.717) is 6.29 Å². The highest BCUT2D eigenvalue weighted by molar-refractivity contribution is 7.96. The number of nitrogens with one attached hydrogen (secondary N) is 3. The van der Waals surface area contributed by atoms with Crippen molar-refractivity contribution in [2.45, 2.75) is 45.3 Å². The molecule has 0 aromatic heterocycles. The van der Waals surface area contributed by atoms with E-state index in [4.69, 9.17) is 4.74 Å². The summed E-state index contributed by atoms with van der Waals surface area (Å²) in [4.78, 5) is 56.4. The molecular weight excluding hydrogens is 326 g/mol. The molecule has 130 valence electrons. The molecule has 0 bridgehead atoms. The average molecular weight is 347 g/mol. The molecule has 0 spiro atoms. The molecule has 3 N–H and O–H groups in total. The third-order valence-electron chi connectivity index (χ3n) is 2.63. The molecule has 23 heavy (non-hydrogen) atoms. The quantitative estimate of drug-likeness (QED) is 0.244. The summed E-state index contributed by atoms with van der Waals surface area (Å²) in [5.74, 6) is -1.87. The van der Waals surface area contributed by atoms with Gasteiger partial charge in [0, 0.05) is 6.42 Å². The summed E-state index contributed by atoms with van der Waals surface area (Å²) in [5.41, 5.74) is 0. The van der Waals surface area contributed by atoms with Gasteiger partial charge in [0.2, 0.25) is 11.8 Å². The number of rotatable bonds is 9. The van der Waals surface area contributed by atoms with Gasteiger partial charge in [0.05, 0.1) is 6.04 Å². The first-order valence-corrected chi connectivity index (χ1v) is 7.37. The largest absolute Gasteiger partial charge is 0.461 e. The van der Waals surface area contributed by atoms with Crippen molar-refractivity contribution in [2.24, 2.45) is 0 Å². The summed E-state index contributed by atoms with van der Waals surface area (Å²) < 4.78 is 4.90. The lowest BCUT2D eigenvalue weighted by Gasteiger charge is -2.20. The molecular formula is C13H21N3O6S. The fraction of sp³-hybridized carbons (Fsp3) is 0.615. The molecule has 0 saturated carbocycles. The first-order chi connectivity index (χ1) is 10.7. The second kappa shape index (κ2) is 10.6. The summed E-state index contributed by atoms with van der Waals surface area (Å²) in [6.07, 6.45) is 0.653. The van der Waals surface area contributed by atoms with Crippen molar-refractivity contribution in [1.82, 2.24) is 16.0 Å². The van der Waals surface area contributed by atoms with E-state index in [9.17, 15) is 24.0 Å². The van der Waals surface area contributed by atoms with Crippen LogP contribution in [0.1, 0.15) is 27.2 Å². The summed E-state index contributed by atoms with van der Waals surface area (Å²) in [6.45, 7) is 3.99. The van der Waals surface area contributed by atoms with Crippen LogP contribution in [0.4, 0.5) is 4.79 Å². The molecule has 0 aliphatic heterocycles. The Morgan fingerprint density at radius 3 is 2.22 bits per heavy atom. The summed E-state index contributed by atoms with van der Waals surface area (Å²) >= 11 is 3.47. The van der Waals surface area contributed by atoms with Gasteiger partial charge in [-0.1, -0.05) is 19.6 Å². The normalized spacial score (nSPS) is 13.9. The van der Waals surface area contributed by atoms with Gasteiger partial charge in [-0.3, -0.25) is 14.4 Å². The van der Waals surface area contributed by atoms with E-state index in [-0.39, 0.29) is 6.42 Å². The fourth-order valence-corrected chi connectivity index (χ4v) is 1.57. The van der Waals surface area contributed by atoms with Crippen LogP contribution >= 0.6 is 12.6 Å². The van der Waals surface area contributed by atoms with Crippen LogP contribution in [0.15, 0.2) is 0 Å². The van der Waals surface area contributed by atoms with Gasteiger partial charge in [0.1, 0.15) is 25.0 Å². The van der Waals surface area contributed by atoms with Crippen molar-refractivity contribution >= 4 is 41.9 Å². The Morgan fingerprint density at radius 2 is 1.74 bits per heavy atom. The lowest BCUT2D eigenvalue weighted by molar-refractivity contribution is -0.148. The number of carbonyl (C=O) groups excluding carboxylic acids is 5. The predicted octanol–water partition coefficient (Wildman–Crippen LogP) is -0.844. The van der Waals surface area contributed by atoms with E-state index in [1.807, 2.05) is 0 Å². The Hall–Kier alpha value is -2.10. The van der Waals surface area contributed by atoms with Crippen molar-refractivity contribution in [3.05, 3.63) is 0 Å². The van der Waals surface area contributed by atoms with Crippen molar-refractivity contribution < 1.29 is 28.7 Å². The number of ether oxygens (including phenoxy) is 1. The molecule has 0 aromatic rings. The molecule has 0 heterocycles. The Kier molecular flexibility index (Phi) is 9.63. The second-order valence-corrected chi connectivity index (χ2v) is 5.11. The lowest BCUT2D eigenvalue weighted by atomic mass is 10.2. The molecule has 3 amide bonds. The number of thiol groups is 1. The van der Waals surface area contributed by atoms with Gasteiger partial charge < -0.3 is 25.5 Å². The van der Waals surface area contributed by atoms with Crippen LogP contribution in [0.25, 0.3) is 0 Å². The molecule has 0 aliphatic rings. The Morgan fingerprint density at radius 1 is 1.13 bits per heavy atom. The number of amides is 3. The van der Waals surface area contributed by atoms with Gasteiger partial charge in [-0.25, -0.2) is 4.79 Å². The van der Waals surface area contributed by atoms with E-state index in [1.165, 1.54) is 13.8 Å². The minimum absolute atomic E-state index is 0.132. The highest BCUT2D eigenvalue weighted by Crippen LogP contribution is 1.95. The molecule has 3 atom stereocenters. The SMILES string of the molecule is CCC(=O)NC(COC(=O)C(C)NC(=O)S)C(=O)NC(C)C=O. The Balaban J connectivity index is 4.72. The number of carbonyl (C=O) groups is 5. The van der Waals surface area contributed by atoms with Crippen molar-refractivity contribution in [3.8, 4) is 0 Å². The van der Waals surface area contributed by atoms with Crippen molar-refractivity contribution in [2.75, 3.05) is 6.61 Å². The van der Waals surface area contributed by atoms with Crippen LogP contribution < -0.4 is 16.0 Å². The minimum Gasteiger partial charge on any atom is -0.461 e. The fourth-order valence-electron chi connectivity index (χ4n) is 1.37. The Labute approximate surface area is 139 Å². The molecule has 0 fully saturated rings. The third kappa shape index (κ3) is 8.81. The Bertz CT molecular complexity index is 471. The van der Waals surface area contributed by atoms with Gasteiger partial charge in [0.25, 0.3) is 5.24 Å². The smallest absolute Gasteiger partial charge is 0.328 e. The summed E-state index contributed by atoms with van der Waals surface area (Å²) in [6, 6.07) is -2.85. The van der Waals surface area contributed by atoms with Gasteiger partial charge in [-0.2, -0.15) is 0 Å². The number of hydrogen-bond donors (Lipinski definition) is 4. The maximum absolute atomic E-state index is 12.0. The first kappa shape index (κ1) is 20.9. The third-order valence-corrected chi connectivity index (χ3v) is 2.76. The monoisotopic (exact) mass is 347 g/mol.